The smallest absolute Gasteiger partial charge is 0.164 e. The van der Waals surface area contributed by atoms with Gasteiger partial charge in [0.25, 0.3) is 0 Å². The predicted octanol–water partition coefficient (Wildman–Crippen LogP) is 2.23. The van der Waals surface area contributed by atoms with Gasteiger partial charge in [-0.1, -0.05) is 22.9 Å². The molecule has 1 heterocycles. The van der Waals surface area contributed by atoms with Gasteiger partial charge >= 0.3 is 0 Å². The summed E-state index contributed by atoms with van der Waals surface area (Å²) in [6.07, 6.45) is 1.73. The van der Waals surface area contributed by atoms with Gasteiger partial charge in [-0.25, -0.2) is 9.67 Å². The van der Waals surface area contributed by atoms with E-state index >= 15 is 0 Å². The topological polar surface area (TPSA) is 52.0 Å². The van der Waals surface area contributed by atoms with Gasteiger partial charge in [0.05, 0.1) is 13.1 Å². The predicted molar refractivity (Wildman–Crippen MR) is 77.0 cm³/mol. The van der Waals surface area contributed by atoms with Gasteiger partial charge in [0.2, 0.25) is 0 Å². The molecule has 0 atom stereocenters. The third-order valence-corrected chi connectivity index (χ3v) is 3.05. The molecule has 102 valence electrons. The molecule has 2 rings (SSSR count). The van der Waals surface area contributed by atoms with E-state index < -0.39 is 0 Å². The highest BCUT2D eigenvalue weighted by molar-refractivity contribution is 9.10. The van der Waals surface area contributed by atoms with E-state index in [-0.39, 0.29) is 0 Å². The van der Waals surface area contributed by atoms with E-state index in [0.717, 1.165) is 22.6 Å². The van der Waals surface area contributed by atoms with Crippen LogP contribution in [0.15, 0.2) is 35.1 Å². The molecule has 0 unspecified atom stereocenters. The number of benzene rings is 1. The number of nitrogens with one attached hydrogen (secondary N) is 1. The highest BCUT2D eigenvalue weighted by atomic mass is 79.9. The van der Waals surface area contributed by atoms with Crippen LogP contribution in [0.3, 0.4) is 0 Å². The molecule has 1 aromatic carbocycles. The lowest BCUT2D eigenvalue weighted by Crippen LogP contribution is -2.14. The number of ether oxygens (including phenoxy) is 1. The largest absolute Gasteiger partial charge is 0.492 e. The maximum atomic E-state index is 5.63. The van der Waals surface area contributed by atoms with Crippen molar-refractivity contribution in [2.75, 3.05) is 13.2 Å². The van der Waals surface area contributed by atoms with Gasteiger partial charge in [0.1, 0.15) is 18.7 Å². The standard InChI is InChI=1S/C13H17BrN4O/c1-2-15-9-13-16-10-18(17-13)7-8-19-12-5-3-11(14)4-6-12/h3-6,10,15H,2,7-9H2,1H3. The molecule has 0 amide bonds. The van der Waals surface area contributed by atoms with Crippen molar-refractivity contribution in [1.82, 2.24) is 20.1 Å². The number of hydrogen-bond acceptors (Lipinski definition) is 4. The Hall–Kier alpha value is -1.40. The summed E-state index contributed by atoms with van der Waals surface area (Å²) in [6, 6.07) is 7.78. The fourth-order valence-electron chi connectivity index (χ4n) is 1.55. The summed E-state index contributed by atoms with van der Waals surface area (Å²) in [5.74, 6) is 1.67. The summed E-state index contributed by atoms with van der Waals surface area (Å²) in [4.78, 5) is 4.22. The summed E-state index contributed by atoms with van der Waals surface area (Å²) < 4.78 is 8.47. The van der Waals surface area contributed by atoms with Crippen LogP contribution in [0.4, 0.5) is 0 Å². The summed E-state index contributed by atoms with van der Waals surface area (Å²) in [7, 11) is 0. The van der Waals surface area contributed by atoms with Crippen LogP contribution in [0.2, 0.25) is 0 Å². The van der Waals surface area contributed by atoms with E-state index in [1.54, 1.807) is 11.0 Å². The van der Waals surface area contributed by atoms with Crippen LogP contribution in [0.1, 0.15) is 12.7 Å². The molecule has 0 saturated carbocycles. The van der Waals surface area contributed by atoms with Gasteiger partial charge in [-0.3, -0.25) is 0 Å². The van der Waals surface area contributed by atoms with Gasteiger partial charge in [0.15, 0.2) is 5.82 Å². The van der Waals surface area contributed by atoms with Crippen LogP contribution in [-0.2, 0) is 13.1 Å². The van der Waals surface area contributed by atoms with E-state index in [9.17, 15) is 0 Å². The van der Waals surface area contributed by atoms with Crippen LogP contribution < -0.4 is 10.1 Å². The Balaban J connectivity index is 1.76. The van der Waals surface area contributed by atoms with Crippen molar-refractivity contribution in [2.24, 2.45) is 0 Å². The van der Waals surface area contributed by atoms with Crippen molar-refractivity contribution in [2.45, 2.75) is 20.0 Å². The molecule has 0 saturated heterocycles. The Morgan fingerprint density at radius 2 is 2.11 bits per heavy atom. The second-order valence-corrected chi connectivity index (χ2v) is 4.92. The molecule has 2 aromatic rings. The molecular weight excluding hydrogens is 308 g/mol. The quantitative estimate of drug-likeness (QED) is 0.848. The molecule has 0 spiro atoms. The first-order valence-electron chi connectivity index (χ1n) is 6.25. The summed E-state index contributed by atoms with van der Waals surface area (Å²) in [6.45, 7) is 4.95. The zero-order chi connectivity index (χ0) is 13.5. The number of halogens is 1. The second kappa shape index (κ2) is 7.25. The number of nitrogens with zero attached hydrogens (tertiary/aromatic N) is 3. The van der Waals surface area contributed by atoms with Gasteiger partial charge in [0, 0.05) is 4.47 Å². The van der Waals surface area contributed by atoms with Crippen molar-refractivity contribution < 1.29 is 4.74 Å². The average molecular weight is 325 g/mol. The molecule has 6 heteroatoms. The zero-order valence-corrected chi connectivity index (χ0v) is 12.4. The van der Waals surface area contributed by atoms with Crippen molar-refractivity contribution in [1.29, 1.82) is 0 Å². The molecule has 1 aromatic heterocycles. The minimum atomic E-state index is 0.575. The third-order valence-electron chi connectivity index (χ3n) is 2.52. The number of rotatable bonds is 7. The minimum Gasteiger partial charge on any atom is -0.492 e. The molecule has 5 nitrogen and oxygen atoms in total. The van der Waals surface area contributed by atoms with Gasteiger partial charge in [-0.05, 0) is 30.8 Å². The first kappa shape index (κ1) is 14.0. The number of hydrogen-bond donors (Lipinski definition) is 1. The minimum absolute atomic E-state index is 0.575. The molecule has 0 aliphatic rings. The molecule has 0 aliphatic carbocycles. The van der Waals surface area contributed by atoms with Crippen LogP contribution in [0.5, 0.6) is 5.75 Å². The Morgan fingerprint density at radius 3 is 2.84 bits per heavy atom. The Labute approximate surface area is 121 Å². The molecule has 0 fully saturated rings. The number of aromatic nitrogens is 3. The second-order valence-electron chi connectivity index (χ2n) is 4.01. The SMILES string of the molecule is CCNCc1ncn(CCOc2ccc(Br)cc2)n1. The first-order valence-corrected chi connectivity index (χ1v) is 7.04. The molecular formula is C13H17BrN4O. The van der Waals surface area contributed by atoms with Crippen LogP contribution in [0, 0.1) is 0 Å². The summed E-state index contributed by atoms with van der Waals surface area (Å²) in [5.41, 5.74) is 0. The Kier molecular flexibility index (Phi) is 5.35. The monoisotopic (exact) mass is 324 g/mol. The fourth-order valence-corrected chi connectivity index (χ4v) is 1.81. The lowest BCUT2D eigenvalue weighted by Gasteiger charge is -2.05. The van der Waals surface area contributed by atoms with Crippen molar-refractivity contribution >= 4 is 15.9 Å². The van der Waals surface area contributed by atoms with Crippen molar-refractivity contribution in [3.05, 3.63) is 40.9 Å². The lowest BCUT2D eigenvalue weighted by atomic mass is 10.3. The summed E-state index contributed by atoms with van der Waals surface area (Å²) in [5, 5.41) is 7.54. The normalized spacial score (nSPS) is 10.6. The zero-order valence-electron chi connectivity index (χ0n) is 10.8. The Morgan fingerprint density at radius 1 is 1.32 bits per heavy atom. The molecule has 0 bridgehead atoms. The van der Waals surface area contributed by atoms with E-state index in [1.165, 1.54) is 0 Å². The first-order chi connectivity index (χ1) is 9.28. The fraction of sp³-hybridized carbons (Fsp3) is 0.385. The molecule has 1 N–H and O–H groups in total. The Bertz CT molecular complexity index is 498. The highest BCUT2D eigenvalue weighted by Crippen LogP contribution is 2.15. The molecule has 0 radical (unpaired) electrons. The van der Waals surface area contributed by atoms with E-state index in [0.29, 0.717) is 19.7 Å². The lowest BCUT2D eigenvalue weighted by molar-refractivity contribution is 0.290. The highest BCUT2D eigenvalue weighted by Gasteiger charge is 2.00. The van der Waals surface area contributed by atoms with Crippen molar-refractivity contribution in [3.63, 3.8) is 0 Å². The van der Waals surface area contributed by atoms with E-state index in [4.69, 9.17) is 4.74 Å². The molecule has 19 heavy (non-hydrogen) atoms. The average Bonchev–Trinajstić information content (AvgIpc) is 2.87. The third kappa shape index (κ3) is 4.65. The van der Waals surface area contributed by atoms with Gasteiger partial charge in [-0.15, -0.1) is 0 Å². The van der Waals surface area contributed by atoms with Gasteiger partial charge in [-0.2, -0.15) is 5.10 Å². The van der Waals surface area contributed by atoms with Crippen molar-refractivity contribution in [3.8, 4) is 5.75 Å². The molecule has 0 aliphatic heterocycles. The van der Waals surface area contributed by atoms with Crippen LogP contribution >= 0.6 is 15.9 Å². The van der Waals surface area contributed by atoms with Gasteiger partial charge < -0.3 is 10.1 Å². The maximum absolute atomic E-state index is 5.63. The van der Waals surface area contributed by atoms with Crippen LogP contribution in [0.25, 0.3) is 0 Å². The van der Waals surface area contributed by atoms with Crippen LogP contribution in [-0.4, -0.2) is 27.9 Å². The van der Waals surface area contributed by atoms with E-state index in [2.05, 4.69) is 38.3 Å². The van der Waals surface area contributed by atoms with E-state index in [1.807, 2.05) is 24.3 Å². The summed E-state index contributed by atoms with van der Waals surface area (Å²) >= 11 is 3.39. The maximum Gasteiger partial charge on any atom is 0.164 e.